The van der Waals surface area contributed by atoms with Crippen molar-refractivity contribution in [1.82, 2.24) is 0 Å². The number of fused-ring (bicyclic) bond motifs is 4. The molecule has 0 saturated heterocycles. The first-order valence-corrected chi connectivity index (χ1v) is 18.9. The van der Waals surface area contributed by atoms with E-state index in [0.717, 1.165) is 22.6 Å². The second kappa shape index (κ2) is 14.0. The van der Waals surface area contributed by atoms with Crippen molar-refractivity contribution in [1.29, 1.82) is 0 Å². The SMILES string of the molecule is c1ccc(-c2ccc(N(c3ccc4ccc5ccccc5c4c3)c3ccccc3-c3cccc(-c4cccc5ccccc45)c3)cc2-c2ccccc2)cc1. The second-order valence-corrected chi connectivity index (χ2v) is 14.1. The predicted octanol–water partition coefficient (Wildman–Crippen LogP) is 15.3. The van der Waals surface area contributed by atoms with E-state index in [-0.39, 0.29) is 0 Å². The lowest BCUT2D eigenvalue weighted by Gasteiger charge is -2.29. The number of nitrogens with zero attached hydrogens (tertiary/aromatic N) is 1. The Kier molecular flexibility index (Phi) is 8.24. The van der Waals surface area contributed by atoms with Crippen molar-refractivity contribution < 1.29 is 0 Å². The lowest BCUT2D eigenvalue weighted by atomic mass is 9.92. The van der Waals surface area contributed by atoms with Crippen LogP contribution in [0.4, 0.5) is 17.1 Å². The Bertz CT molecular complexity index is 2980. The third-order valence-electron chi connectivity index (χ3n) is 10.8. The maximum Gasteiger partial charge on any atom is 0.0540 e. The summed E-state index contributed by atoms with van der Waals surface area (Å²) in [6, 6.07) is 81.6. The molecule has 0 aliphatic carbocycles. The van der Waals surface area contributed by atoms with Crippen molar-refractivity contribution in [2.75, 3.05) is 4.90 Å². The van der Waals surface area contributed by atoms with Gasteiger partial charge in [-0.15, -0.1) is 0 Å². The molecule has 0 aliphatic rings. The van der Waals surface area contributed by atoms with Gasteiger partial charge in [0, 0.05) is 16.9 Å². The number of hydrogen-bond donors (Lipinski definition) is 0. The summed E-state index contributed by atoms with van der Waals surface area (Å²) in [6.45, 7) is 0. The molecule has 258 valence electrons. The molecule has 10 aromatic rings. The highest BCUT2D eigenvalue weighted by molar-refractivity contribution is 6.09. The van der Waals surface area contributed by atoms with Gasteiger partial charge >= 0.3 is 0 Å². The van der Waals surface area contributed by atoms with E-state index in [4.69, 9.17) is 0 Å². The van der Waals surface area contributed by atoms with Crippen LogP contribution in [-0.4, -0.2) is 0 Å². The molecule has 10 aromatic carbocycles. The van der Waals surface area contributed by atoms with Crippen molar-refractivity contribution in [2.24, 2.45) is 0 Å². The van der Waals surface area contributed by atoms with Crippen LogP contribution >= 0.6 is 0 Å². The smallest absolute Gasteiger partial charge is 0.0540 e. The zero-order chi connectivity index (χ0) is 36.6. The van der Waals surface area contributed by atoms with Crippen molar-refractivity contribution in [2.45, 2.75) is 0 Å². The van der Waals surface area contributed by atoms with E-state index in [1.54, 1.807) is 0 Å². The van der Waals surface area contributed by atoms with E-state index in [0.29, 0.717) is 0 Å². The van der Waals surface area contributed by atoms with Crippen LogP contribution in [0, 0.1) is 0 Å². The van der Waals surface area contributed by atoms with Crippen LogP contribution in [0.2, 0.25) is 0 Å². The molecular formula is C54H37N. The summed E-state index contributed by atoms with van der Waals surface area (Å²) in [4.78, 5) is 2.45. The molecule has 0 N–H and O–H groups in total. The molecule has 0 bridgehead atoms. The highest BCUT2D eigenvalue weighted by atomic mass is 15.1. The minimum Gasteiger partial charge on any atom is -0.310 e. The number of para-hydroxylation sites is 1. The molecule has 1 heteroatoms. The van der Waals surface area contributed by atoms with Crippen LogP contribution in [0.15, 0.2) is 224 Å². The Morgan fingerprint density at radius 3 is 1.51 bits per heavy atom. The summed E-state index contributed by atoms with van der Waals surface area (Å²) in [5.74, 6) is 0. The molecular weight excluding hydrogens is 663 g/mol. The molecule has 0 amide bonds. The molecule has 0 aromatic heterocycles. The van der Waals surface area contributed by atoms with Crippen LogP contribution in [0.3, 0.4) is 0 Å². The molecule has 0 radical (unpaired) electrons. The van der Waals surface area contributed by atoms with Gasteiger partial charge in [0.25, 0.3) is 0 Å². The summed E-state index contributed by atoms with van der Waals surface area (Å²) in [5, 5.41) is 7.45. The van der Waals surface area contributed by atoms with Gasteiger partial charge in [0.2, 0.25) is 0 Å². The Labute approximate surface area is 322 Å². The largest absolute Gasteiger partial charge is 0.310 e. The van der Waals surface area contributed by atoms with E-state index < -0.39 is 0 Å². The first kappa shape index (κ1) is 32.4. The molecule has 0 atom stereocenters. The molecule has 1 nitrogen and oxygen atoms in total. The molecule has 0 aliphatic heterocycles. The first-order chi connectivity index (χ1) is 27.3. The highest BCUT2D eigenvalue weighted by Gasteiger charge is 2.20. The van der Waals surface area contributed by atoms with E-state index >= 15 is 0 Å². The average molecular weight is 700 g/mol. The van der Waals surface area contributed by atoms with Crippen LogP contribution in [0.5, 0.6) is 0 Å². The Morgan fingerprint density at radius 1 is 0.236 bits per heavy atom. The monoisotopic (exact) mass is 699 g/mol. The molecule has 0 heterocycles. The number of hydrogen-bond acceptors (Lipinski definition) is 1. The van der Waals surface area contributed by atoms with Gasteiger partial charge in [0.15, 0.2) is 0 Å². The zero-order valence-electron chi connectivity index (χ0n) is 30.3. The average Bonchev–Trinajstić information content (AvgIpc) is 3.27. The topological polar surface area (TPSA) is 3.24 Å². The minimum atomic E-state index is 1.09. The van der Waals surface area contributed by atoms with Crippen LogP contribution < -0.4 is 4.90 Å². The van der Waals surface area contributed by atoms with Crippen molar-refractivity contribution in [3.8, 4) is 44.5 Å². The third-order valence-corrected chi connectivity index (χ3v) is 10.8. The Balaban J connectivity index is 1.21. The van der Waals surface area contributed by atoms with Crippen LogP contribution in [0.25, 0.3) is 76.8 Å². The third kappa shape index (κ3) is 6.02. The molecule has 0 saturated carbocycles. The van der Waals surface area contributed by atoms with Gasteiger partial charge in [-0.2, -0.15) is 0 Å². The number of benzene rings is 10. The van der Waals surface area contributed by atoms with Crippen molar-refractivity contribution in [3.05, 3.63) is 224 Å². The predicted molar refractivity (Wildman–Crippen MR) is 235 cm³/mol. The summed E-state index contributed by atoms with van der Waals surface area (Å²) >= 11 is 0. The fourth-order valence-corrected chi connectivity index (χ4v) is 8.20. The molecule has 10 rings (SSSR count). The molecule has 0 unspecified atom stereocenters. The summed E-state index contributed by atoms with van der Waals surface area (Å²) in [6.07, 6.45) is 0. The quantitative estimate of drug-likeness (QED) is 0.150. The lowest BCUT2D eigenvalue weighted by Crippen LogP contribution is -2.11. The zero-order valence-corrected chi connectivity index (χ0v) is 30.3. The fourth-order valence-electron chi connectivity index (χ4n) is 8.20. The summed E-state index contributed by atoms with van der Waals surface area (Å²) < 4.78 is 0. The standard InChI is InChI=1S/C54H37N/c1-3-15-38(16-4-1)50-34-33-46(37-52(50)40-17-5-2-6-18-40)55(45-32-31-42-30-29-41-20-8-10-25-48(41)53(42)36-45)54-28-12-11-26-51(54)44-23-13-22-43(35-44)49-27-14-21-39-19-7-9-24-47(39)49/h1-37H. The van der Waals surface area contributed by atoms with Gasteiger partial charge in [-0.25, -0.2) is 0 Å². The van der Waals surface area contributed by atoms with E-state index in [2.05, 4.69) is 229 Å². The Hall–Kier alpha value is -7.22. The van der Waals surface area contributed by atoms with Gasteiger partial charge in [0.1, 0.15) is 0 Å². The van der Waals surface area contributed by atoms with E-state index in [9.17, 15) is 0 Å². The van der Waals surface area contributed by atoms with Crippen molar-refractivity contribution in [3.63, 3.8) is 0 Å². The van der Waals surface area contributed by atoms with Gasteiger partial charge in [0.05, 0.1) is 5.69 Å². The van der Waals surface area contributed by atoms with Gasteiger partial charge < -0.3 is 4.90 Å². The maximum absolute atomic E-state index is 2.45. The summed E-state index contributed by atoms with van der Waals surface area (Å²) in [5.41, 5.74) is 12.9. The Morgan fingerprint density at radius 2 is 0.727 bits per heavy atom. The van der Waals surface area contributed by atoms with Crippen molar-refractivity contribution >= 4 is 49.4 Å². The number of anilines is 3. The first-order valence-electron chi connectivity index (χ1n) is 18.9. The second-order valence-electron chi connectivity index (χ2n) is 14.1. The van der Waals surface area contributed by atoms with Gasteiger partial charge in [-0.1, -0.05) is 188 Å². The molecule has 0 fully saturated rings. The maximum atomic E-state index is 2.45. The normalized spacial score (nSPS) is 11.3. The van der Waals surface area contributed by atoms with Crippen LogP contribution in [-0.2, 0) is 0 Å². The number of rotatable bonds is 7. The van der Waals surface area contributed by atoms with E-state index in [1.165, 1.54) is 71.3 Å². The lowest BCUT2D eigenvalue weighted by molar-refractivity contribution is 1.29. The molecule has 55 heavy (non-hydrogen) atoms. The van der Waals surface area contributed by atoms with E-state index in [1.807, 2.05) is 0 Å². The highest BCUT2D eigenvalue weighted by Crippen LogP contribution is 2.45. The van der Waals surface area contributed by atoms with Crippen LogP contribution in [0.1, 0.15) is 0 Å². The van der Waals surface area contributed by atoms with Gasteiger partial charge in [-0.05, 0) is 108 Å². The minimum absolute atomic E-state index is 1.09. The molecule has 0 spiro atoms. The fraction of sp³-hybridized carbons (Fsp3) is 0. The van der Waals surface area contributed by atoms with Gasteiger partial charge in [-0.3, -0.25) is 0 Å². The summed E-state index contributed by atoms with van der Waals surface area (Å²) in [7, 11) is 0.